The largest absolute Gasteiger partial charge is 0.323 e. The molecule has 0 bridgehead atoms. The number of rotatable bonds is 4. The zero-order valence-electron chi connectivity index (χ0n) is 6.92. The molecule has 1 heterocycles. The van der Waals surface area contributed by atoms with Crippen LogP contribution in [0.1, 0.15) is 17.3 Å². The van der Waals surface area contributed by atoms with Crippen molar-refractivity contribution in [2.24, 2.45) is 5.73 Å². The minimum absolute atomic E-state index is 0.116. The van der Waals surface area contributed by atoms with E-state index in [1.54, 1.807) is 11.3 Å². The van der Waals surface area contributed by atoms with Gasteiger partial charge in [-0.25, -0.2) is 0 Å². The van der Waals surface area contributed by atoms with Crippen LogP contribution >= 0.6 is 34.7 Å². The monoisotopic (exact) mass is 221 g/mol. The second-order valence-corrected chi connectivity index (χ2v) is 4.86. The maximum Gasteiger partial charge on any atom is 0.0561 e. The van der Waals surface area contributed by atoms with E-state index in [-0.39, 0.29) is 6.04 Å². The van der Waals surface area contributed by atoms with E-state index in [9.17, 15) is 0 Å². The van der Waals surface area contributed by atoms with Gasteiger partial charge in [-0.3, -0.25) is 0 Å². The number of nitrogens with two attached hydrogens (primary N) is 1. The molecule has 0 aliphatic rings. The molecule has 0 amide bonds. The van der Waals surface area contributed by atoms with Crippen molar-refractivity contribution in [1.82, 2.24) is 0 Å². The maximum atomic E-state index is 5.94. The Morgan fingerprint density at radius 1 is 1.75 bits per heavy atom. The van der Waals surface area contributed by atoms with Crippen LogP contribution in [-0.4, -0.2) is 12.0 Å². The Morgan fingerprint density at radius 3 is 3.00 bits per heavy atom. The second-order valence-electron chi connectivity index (χ2n) is 2.52. The predicted molar refractivity (Wildman–Crippen MR) is 59.3 cm³/mol. The summed E-state index contributed by atoms with van der Waals surface area (Å²) in [5.74, 6) is 1.09. The van der Waals surface area contributed by atoms with Crippen molar-refractivity contribution < 1.29 is 0 Å². The molecule has 1 unspecified atom stereocenters. The second kappa shape index (κ2) is 5.12. The molecule has 1 aromatic rings. The number of hydrogen-bond donors (Lipinski definition) is 1. The SMILES string of the molecule is CSCCC(N)c1sccc1Cl. The molecule has 0 aliphatic carbocycles. The summed E-state index contributed by atoms with van der Waals surface area (Å²) in [5.41, 5.74) is 5.94. The van der Waals surface area contributed by atoms with E-state index in [1.807, 2.05) is 23.2 Å². The van der Waals surface area contributed by atoms with Gasteiger partial charge in [-0.2, -0.15) is 11.8 Å². The van der Waals surface area contributed by atoms with Gasteiger partial charge in [-0.1, -0.05) is 11.6 Å². The van der Waals surface area contributed by atoms with Gasteiger partial charge >= 0.3 is 0 Å². The van der Waals surface area contributed by atoms with Crippen molar-refractivity contribution >= 4 is 34.7 Å². The van der Waals surface area contributed by atoms with Crippen molar-refractivity contribution in [3.05, 3.63) is 21.3 Å². The lowest BCUT2D eigenvalue weighted by atomic mass is 10.2. The highest BCUT2D eigenvalue weighted by Crippen LogP contribution is 2.29. The molecule has 0 spiro atoms. The summed E-state index contributed by atoms with van der Waals surface area (Å²) in [5, 5.41) is 2.80. The lowest BCUT2D eigenvalue weighted by molar-refractivity contribution is 0.720. The van der Waals surface area contributed by atoms with Crippen LogP contribution in [0.3, 0.4) is 0 Å². The molecule has 1 rings (SSSR count). The van der Waals surface area contributed by atoms with Crippen LogP contribution in [0, 0.1) is 0 Å². The Kier molecular flexibility index (Phi) is 4.43. The van der Waals surface area contributed by atoms with Crippen molar-refractivity contribution in [2.45, 2.75) is 12.5 Å². The molecule has 0 aliphatic heterocycles. The molecule has 12 heavy (non-hydrogen) atoms. The topological polar surface area (TPSA) is 26.0 Å². The zero-order chi connectivity index (χ0) is 8.97. The Hall–Kier alpha value is 0.300. The van der Waals surface area contributed by atoms with Crippen LogP contribution in [-0.2, 0) is 0 Å². The number of halogens is 1. The van der Waals surface area contributed by atoms with E-state index in [4.69, 9.17) is 17.3 Å². The van der Waals surface area contributed by atoms with E-state index in [2.05, 4.69) is 6.26 Å². The van der Waals surface area contributed by atoms with E-state index < -0.39 is 0 Å². The lowest BCUT2D eigenvalue weighted by Crippen LogP contribution is -2.09. The van der Waals surface area contributed by atoms with Gasteiger partial charge in [0.15, 0.2) is 0 Å². The van der Waals surface area contributed by atoms with Crippen LogP contribution in [0.2, 0.25) is 5.02 Å². The first-order chi connectivity index (χ1) is 5.75. The van der Waals surface area contributed by atoms with Crippen LogP contribution in [0.4, 0.5) is 0 Å². The first kappa shape index (κ1) is 10.4. The number of hydrogen-bond acceptors (Lipinski definition) is 3. The molecule has 1 nitrogen and oxygen atoms in total. The minimum atomic E-state index is 0.116. The quantitative estimate of drug-likeness (QED) is 0.846. The first-order valence-corrected chi connectivity index (χ1v) is 6.38. The molecule has 1 aromatic heterocycles. The highest BCUT2D eigenvalue weighted by atomic mass is 35.5. The molecule has 1 atom stereocenters. The lowest BCUT2D eigenvalue weighted by Gasteiger charge is -2.08. The van der Waals surface area contributed by atoms with Gasteiger partial charge in [0.2, 0.25) is 0 Å². The van der Waals surface area contributed by atoms with E-state index >= 15 is 0 Å². The summed E-state index contributed by atoms with van der Waals surface area (Å²) in [6.45, 7) is 0. The van der Waals surface area contributed by atoms with Crippen molar-refractivity contribution in [3.63, 3.8) is 0 Å². The fraction of sp³-hybridized carbons (Fsp3) is 0.500. The fourth-order valence-corrected chi connectivity index (χ4v) is 2.67. The van der Waals surface area contributed by atoms with E-state index in [1.165, 1.54) is 0 Å². The average Bonchev–Trinajstić information content (AvgIpc) is 2.47. The summed E-state index contributed by atoms with van der Waals surface area (Å²) in [4.78, 5) is 1.12. The molecule has 0 saturated heterocycles. The van der Waals surface area contributed by atoms with Crippen LogP contribution in [0.5, 0.6) is 0 Å². The van der Waals surface area contributed by atoms with Crippen LogP contribution in [0.25, 0.3) is 0 Å². The first-order valence-electron chi connectivity index (χ1n) is 3.73. The molecule has 0 fully saturated rings. The van der Waals surface area contributed by atoms with E-state index in [0.717, 1.165) is 22.1 Å². The summed E-state index contributed by atoms with van der Waals surface area (Å²) in [7, 11) is 0. The Balaban J connectivity index is 2.52. The maximum absolute atomic E-state index is 5.94. The predicted octanol–water partition coefficient (Wildman–Crippen LogP) is 3.15. The molecule has 68 valence electrons. The van der Waals surface area contributed by atoms with Crippen LogP contribution in [0.15, 0.2) is 11.4 Å². The number of thioether (sulfide) groups is 1. The third-order valence-electron chi connectivity index (χ3n) is 1.61. The minimum Gasteiger partial charge on any atom is -0.323 e. The van der Waals surface area contributed by atoms with Crippen LogP contribution < -0.4 is 5.73 Å². The third kappa shape index (κ3) is 2.66. The molecule has 0 aromatic carbocycles. The van der Waals surface area contributed by atoms with Gasteiger partial charge in [0.1, 0.15) is 0 Å². The Bertz CT molecular complexity index is 237. The van der Waals surface area contributed by atoms with Crippen molar-refractivity contribution in [3.8, 4) is 0 Å². The molecule has 0 saturated carbocycles. The Morgan fingerprint density at radius 2 is 2.50 bits per heavy atom. The molecule has 4 heteroatoms. The molecule has 0 radical (unpaired) electrons. The molecular formula is C8H12ClNS2. The van der Waals surface area contributed by atoms with E-state index in [0.29, 0.717) is 0 Å². The summed E-state index contributed by atoms with van der Waals surface area (Å²) < 4.78 is 0. The van der Waals surface area contributed by atoms with Crippen molar-refractivity contribution in [2.75, 3.05) is 12.0 Å². The van der Waals surface area contributed by atoms with Gasteiger partial charge in [0.25, 0.3) is 0 Å². The number of thiophene rings is 1. The van der Waals surface area contributed by atoms with Gasteiger partial charge in [-0.05, 0) is 29.9 Å². The van der Waals surface area contributed by atoms with Gasteiger partial charge in [0, 0.05) is 10.9 Å². The highest BCUT2D eigenvalue weighted by Gasteiger charge is 2.10. The summed E-state index contributed by atoms with van der Waals surface area (Å²) in [6.07, 6.45) is 3.09. The molecule has 2 N–H and O–H groups in total. The Labute approximate surface area is 86.3 Å². The smallest absolute Gasteiger partial charge is 0.0561 e. The average molecular weight is 222 g/mol. The highest BCUT2D eigenvalue weighted by molar-refractivity contribution is 7.98. The fourth-order valence-electron chi connectivity index (χ4n) is 0.946. The van der Waals surface area contributed by atoms with Gasteiger partial charge in [0.05, 0.1) is 5.02 Å². The third-order valence-corrected chi connectivity index (χ3v) is 3.75. The van der Waals surface area contributed by atoms with Gasteiger partial charge < -0.3 is 5.73 Å². The molecular weight excluding hydrogens is 210 g/mol. The van der Waals surface area contributed by atoms with Crippen molar-refractivity contribution in [1.29, 1.82) is 0 Å². The summed E-state index contributed by atoms with van der Waals surface area (Å²) in [6, 6.07) is 2.02. The summed E-state index contributed by atoms with van der Waals surface area (Å²) >= 11 is 9.39. The standard InChI is InChI=1S/C8H12ClNS2/c1-11-4-3-7(10)8-6(9)2-5-12-8/h2,5,7H,3-4,10H2,1H3. The zero-order valence-corrected chi connectivity index (χ0v) is 9.31. The van der Waals surface area contributed by atoms with Gasteiger partial charge in [-0.15, -0.1) is 11.3 Å². The normalized spacial score (nSPS) is 13.2.